The normalized spacial score (nSPS) is 11.3. The number of Topliss-reactive ketones (excluding diaryl/α,β-unsaturated/α-hetero) is 1. The Morgan fingerprint density at radius 2 is 2.00 bits per heavy atom. The van der Waals surface area contributed by atoms with Crippen molar-refractivity contribution in [2.75, 3.05) is 7.11 Å². The minimum absolute atomic E-state index is 0.249. The summed E-state index contributed by atoms with van der Waals surface area (Å²) in [4.78, 5) is 11.2. The fourth-order valence-corrected chi connectivity index (χ4v) is 1.27. The van der Waals surface area contributed by atoms with Crippen LogP contribution in [-0.2, 0) is 4.79 Å². The third kappa shape index (κ3) is 3.50. The molecule has 0 aromatic heterocycles. The van der Waals surface area contributed by atoms with Crippen LogP contribution in [0.1, 0.15) is 25.3 Å². The van der Waals surface area contributed by atoms with Gasteiger partial charge in [0.1, 0.15) is 5.75 Å². The Morgan fingerprint density at radius 3 is 2.50 bits per heavy atom. The molecule has 3 heteroatoms. The Bertz CT molecular complexity index is 379. The number of ketones is 1. The third-order valence-electron chi connectivity index (χ3n) is 2.15. The summed E-state index contributed by atoms with van der Waals surface area (Å²) < 4.78 is 18.3. The fourth-order valence-electron chi connectivity index (χ4n) is 1.27. The van der Waals surface area contributed by atoms with Gasteiger partial charge in [0.25, 0.3) is 0 Å². The van der Waals surface area contributed by atoms with Gasteiger partial charge in [0.2, 0.25) is 0 Å². The Kier molecular flexibility index (Phi) is 4.70. The minimum Gasteiger partial charge on any atom is -0.497 e. The summed E-state index contributed by atoms with van der Waals surface area (Å²) in [5.74, 6) is -0.428. The molecule has 0 bridgehead atoms. The summed E-state index contributed by atoms with van der Waals surface area (Å²) in [5.41, 5.74) is 0.655. The van der Waals surface area contributed by atoms with Crippen LogP contribution in [-0.4, -0.2) is 12.9 Å². The molecule has 1 aromatic rings. The van der Waals surface area contributed by atoms with Crippen LogP contribution in [0.15, 0.2) is 30.1 Å². The van der Waals surface area contributed by atoms with Crippen molar-refractivity contribution in [2.45, 2.75) is 19.8 Å². The molecule has 86 valence electrons. The second-order valence-corrected chi connectivity index (χ2v) is 3.44. The van der Waals surface area contributed by atoms with Crippen molar-refractivity contribution in [1.29, 1.82) is 0 Å². The zero-order valence-corrected chi connectivity index (χ0v) is 9.50. The zero-order valence-electron chi connectivity index (χ0n) is 9.50. The Balaban J connectivity index is 2.77. The van der Waals surface area contributed by atoms with Crippen LogP contribution in [0.3, 0.4) is 0 Å². The fraction of sp³-hybridized carbons (Fsp3) is 0.308. The molecule has 0 saturated heterocycles. The van der Waals surface area contributed by atoms with Gasteiger partial charge in [-0.05, 0) is 30.2 Å². The standard InChI is InChI=1S/C13H15FO2/c1-3-4-13(15)12(14)9-10-5-7-11(16-2)8-6-10/h5-9H,3-4H2,1-2H3/b12-9+. The first-order chi connectivity index (χ1) is 7.67. The Morgan fingerprint density at radius 1 is 1.38 bits per heavy atom. The smallest absolute Gasteiger partial charge is 0.191 e. The minimum atomic E-state index is -0.688. The molecule has 0 aliphatic heterocycles. The lowest BCUT2D eigenvalue weighted by Crippen LogP contribution is -1.96. The van der Waals surface area contributed by atoms with Gasteiger partial charge in [-0.1, -0.05) is 19.1 Å². The van der Waals surface area contributed by atoms with Gasteiger partial charge in [-0.2, -0.15) is 0 Å². The molecule has 0 radical (unpaired) electrons. The molecule has 2 nitrogen and oxygen atoms in total. The number of carbonyl (C=O) groups excluding carboxylic acids is 1. The maximum atomic E-state index is 13.3. The molecular formula is C13H15FO2. The molecule has 0 spiro atoms. The van der Waals surface area contributed by atoms with E-state index in [0.717, 1.165) is 0 Å². The predicted octanol–water partition coefficient (Wildman–Crippen LogP) is 3.37. The SMILES string of the molecule is CCCC(=O)/C(F)=C\c1ccc(OC)cc1. The third-order valence-corrected chi connectivity index (χ3v) is 2.15. The largest absolute Gasteiger partial charge is 0.497 e. The van der Waals surface area contributed by atoms with Crippen LogP contribution in [0.4, 0.5) is 4.39 Å². The van der Waals surface area contributed by atoms with E-state index >= 15 is 0 Å². The van der Waals surface area contributed by atoms with E-state index in [-0.39, 0.29) is 6.42 Å². The summed E-state index contributed by atoms with van der Waals surface area (Å²) in [6.07, 6.45) is 2.15. The molecule has 1 aromatic carbocycles. The number of hydrogen-bond acceptors (Lipinski definition) is 2. The van der Waals surface area contributed by atoms with Crippen molar-refractivity contribution in [3.05, 3.63) is 35.7 Å². The highest BCUT2D eigenvalue weighted by Crippen LogP contribution is 2.15. The van der Waals surface area contributed by atoms with E-state index in [2.05, 4.69) is 0 Å². The number of halogens is 1. The van der Waals surface area contributed by atoms with Crippen LogP contribution in [0, 0.1) is 0 Å². The van der Waals surface area contributed by atoms with Crippen molar-refractivity contribution in [1.82, 2.24) is 0 Å². The summed E-state index contributed by atoms with van der Waals surface area (Å²) in [5, 5.41) is 0. The average molecular weight is 222 g/mol. The van der Waals surface area contributed by atoms with Gasteiger partial charge >= 0.3 is 0 Å². The number of allylic oxidation sites excluding steroid dienone is 1. The van der Waals surface area contributed by atoms with Gasteiger partial charge < -0.3 is 4.74 Å². The number of methoxy groups -OCH3 is 1. The maximum absolute atomic E-state index is 13.3. The van der Waals surface area contributed by atoms with Gasteiger partial charge in [-0.15, -0.1) is 0 Å². The van der Waals surface area contributed by atoms with Crippen molar-refractivity contribution in [2.24, 2.45) is 0 Å². The first-order valence-electron chi connectivity index (χ1n) is 5.21. The molecule has 0 aliphatic rings. The van der Waals surface area contributed by atoms with E-state index < -0.39 is 11.6 Å². The van der Waals surface area contributed by atoms with Gasteiger partial charge in [0.05, 0.1) is 7.11 Å². The molecule has 0 atom stereocenters. The molecule has 0 unspecified atom stereocenters. The number of carbonyl (C=O) groups is 1. The van der Waals surface area contributed by atoms with Crippen molar-refractivity contribution in [3.8, 4) is 5.75 Å². The number of benzene rings is 1. The highest BCUT2D eigenvalue weighted by Gasteiger charge is 2.06. The van der Waals surface area contributed by atoms with E-state index in [1.807, 2.05) is 6.92 Å². The Hall–Kier alpha value is -1.64. The van der Waals surface area contributed by atoms with E-state index in [0.29, 0.717) is 17.7 Å². The lowest BCUT2D eigenvalue weighted by atomic mass is 10.1. The maximum Gasteiger partial charge on any atom is 0.191 e. The molecule has 0 fully saturated rings. The topological polar surface area (TPSA) is 26.3 Å². The molecule has 16 heavy (non-hydrogen) atoms. The van der Waals surface area contributed by atoms with Crippen LogP contribution in [0.25, 0.3) is 6.08 Å². The van der Waals surface area contributed by atoms with Crippen molar-refractivity contribution in [3.63, 3.8) is 0 Å². The van der Waals surface area contributed by atoms with Crippen LogP contribution in [0.2, 0.25) is 0 Å². The van der Waals surface area contributed by atoms with E-state index in [4.69, 9.17) is 4.74 Å². The molecule has 1 rings (SSSR count). The lowest BCUT2D eigenvalue weighted by molar-refractivity contribution is -0.116. The molecule has 0 heterocycles. The van der Waals surface area contributed by atoms with Crippen LogP contribution in [0.5, 0.6) is 5.75 Å². The first-order valence-corrected chi connectivity index (χ1v) is 5.21. The quantitative estimate of drug-likeness (QED) is 0.714. The number of ether oxygens (including phenoxy) is 1. The van der Waals surface area contributed by atoms with E-state index in [9.17, 15) is 9.18 Å². The summed E-state index contributed by atoms with van der Waals surface area (Å²) in [6, 6.07) is 6.86. The van der Waals surface area contributed by atoms with E-state index in [1.54, 1.807) is 31.4 Å². The van der Waals surface area contributed by atoms with Crippen molar-refractivity contribution < 1.29 is 13.9 Å². The number of rotatable bonds is 5. The monoisotopic (exact) mass is 222 g/mol. The molecule has 0 saturated carbocycles. The number of hydrogen-bond donors (Lipinski definition) is 0. The highest BCUT2D eigenvalue weighted by atomic mass is 19.1. The van der Waals surface area contributed by atoms with Crippen LogP contribution >= 0.6 is 0 Å². The molecule has 0 amide bonds. The zero-order chi connectivity index (χ0) is 12.0. The summed E-state index contributed by atoms with van der Waals surface area (Å²) >= 11 is 0. The van der Waals surface area contributed by atoms with Crippen molar-refractivity contribution >= 4 is 11.9 Å². The average Bonchev–Trinajstić information content (AvgIpc) is 2.30. The second-order valence-electron chi connectivity index (χ2n) is 3.44. The van der Waals surface area contributed by atoms with E-state index in [1.165, 1.54) is 6.08 Å². The molecule has 0 aliphatic carbocycles. The first kappa shape index (κ1) is 12.4. The Labute approximate surface area is 94.7 Å². The molecule has 0 N–H and O–H groups in total. The van der Waals surface area contributed by atoms with Gasteiger partial charge in [0, 0.05) is 6.42 Å². The van der Waals surface area contributed by atoms with Gasteiger partial charge in [-0.25, -0.2) is 4.39 Å². The van der Waals surface area contributed by atoms with Crippen LogP contribution < -0.4 is 4.74 Å². The summed E-state index contributed by atoms with van der Waals surface area (Å²) in [6.45, 7) is 1.85. The molecular weight excluding hydrogens is 207 g/mol. The second kappa shape index (κ2) is 6.05. The lowest BCUT2D eigenvalue weighted by Gasteiger charge is -2.00. The van der Waals surface area contributed by atoms with Gasteiger partial charge in [0.15, 0.2) is 11.6 Å². The van der Waals surface area contributed by atoms with Gasteiger partial charge in [-0.3, -0.25) is 4.79 Å². The predicted molar refractivity (Wildman–Crippen MR) is 62.0 cm³/mol. The highest BCUT2D eigenvalue weighted by molar-refractivity contribution is 5.97. The summed E-state index contributed by atoms with van der Waals surface area (Å²) in [7, 11) is 1.57.